The summed E-state index contributed by atoms with van der Waals surface area (Å²) in [6.07, 6.45) is 7.36. The van der Waals surface area contributed by atoms with Crippen LogP contribution in [-0.2, 0) is 9.47 Å². The highest BCUT2D eigenvalue weighted by Crippen LogP contribution is 2.90. The smallest absolute Gasteiger partial charge is 0.199 e. The lowest BCUT2D eigenvalue weighted by molar-refractivity contribution is -0.282. The zero-order chi connectivity index (χ0) is 25.2. The summed E-state index contributed by atoms with van der Waals surface area (Å²) in [5, 5.41) is 34.4. The second-order valence-electron chi connectivity index (χ2n) is 15.9. The summed E-state index contributed by atoms with van der Waals surface area (Å²) >= 11 is 0. The van der Waals surface area contributed by atoms with Crippen LogP contribution < -0.4 is 0 Å². The van der Waals surface area contributed by atoms with E-state index >= 15 is 0 Å². The number of fused-ring (bicyclic) bond motifs is 4. The van der Waals surface area contributed by atoms with Gasteiger partial charge in [-0.05, 0) is 105 Å². The molecule has 0 amide bonds. The van der Waals surface area contributed by atoms with Crippen molar-refractivity contribution in [3.05, 3.63) is 0 Å². The number of aliphatic hydroxyl groups is 3. The first-order valence-electron chi connectivity index (χ1n) is 14.6. The van der Waals surface area contributed by atoms with Crippen LogP contribution in [0.1, 0.15) is 99.8 Å². The lowest BCUT2D eigenvalue weighted by Gasteiger charge is -2.63. The van der Waals surface area contributed by atoms with Crippen molar-refractivity contribution in [3.8, 4) is 0 Å². The third-order valence-electron chi connectivity index (χ3n) is 14.2. The van der Waals surface area contributed by atoms with Gasteiger partial charge in [-0.25, -0.2) is 0 Å². The molecule has 35 heavy (non-hydrogen) atoms. The zero-order valence-electron chi connectivity index (χ0n) is 22.9. The van der Waals surface area contributed by atoms with E-state index in [4.69, 9.17) is 9.47 Å². The van der Waals surface area contributed by atoms with Gasteiger partial charge in [-0.15, -0.1) is 0 Å². The van der Waals surface area contributed by atoms with Crippen LogP contribution in [0.3, 0.4) is 0 Å². The Balaban J connectivity index is 1.33. The van der Waals surface area contributed by atoms with Crippen LogP contribution in [0.25, 0.3) is 0 Å². The molecule has 0 aromatic heterocycles. The summed E-state index contributed by atoms with van der Waals surface area (Å²) in [7, 11) is 0. The first-order valence-corrected chi connectivity index (χ1v) is 14.6. The van der Waals surface area contributed by atoms with E-state index in [2.05, 4.69) is 34.6 Å². The average Bonchev–Trinajstić information content (AvgIpc) is 3.28. The quantitative estimate of drug-likeness (QED) is 0.500. The predicted octanol–water partition coefficient (Wildman–Crippen LogP) is 4.66. The van der Waals surface area contributed by atoms with E-state index < -0.39 is 23.6 Å². The Morgan fingerprint density at radius 1 is 0.857 bits per heavy atom. The van der Waals surface area contributed by atoms with Gasteiger partial charge >= 0.3 is 0 Å². The molecule has 7 aliphatic rings. The van der Waals surface area contributed by atoms with E-state index in [1.807, 2.05) is 13.8 Å². The molecule has 2 saturated heterocycles. The SMILES string of the molecule is C[C@@H]1CC2OC3(O[C@@H]2C(C)(C)O)C1[C@@]1(C)CC[C@@]24C[C@@]25CC[C@H](O)C(C)(C)C5CCC4[C@]1(C)[C@H]3O. The number of hydrogen-bond acceptors (Lipinski definition) is 5. The highest BCUT2D eigenvalue weighted by atomic mass is 16.8. The molecular formula is C30H48O5. The molecule has 5 unspecified atom stereocenters. The molecule has 3 N–H and O–H groups in total. The van der Waals surface area contributed by atoms with Crippen LogP contribution in [-0.4, -0.2) is 51.1 Å². The highest BCUT2D eigenvalue weighted by molar-refractivity contribution is 5.34. The van der Waals surface area contributed by atoms with Crippen LogP contribution in [0, 0.1) is 50.7 Å². The number of rotatable bonds is 1. The van der Waals surface area contributed by atoms with Gasteiger partial charge in [-0.1, -0.05) is 34.6 Å². The van der Waals surface area contributed by atoms with Gasteiger partial charge in [0.05, 0.1) is 17.8 Å². The van der Waals surface area contributed by atoms with Crippen molar-refractivity contribution in [2.24, 2.45) is 50.7 Å². The van der Waals surface area contributed by atoms with E-state index in [1.165, 1.54) is 12.8 Å². The predicted molar refractivity (Wildman–Crippen MR) is 132 cm³/mol. The summed E-state index contributed by atoms with van der Waals surface area (Å²) in [6.45, 7) is 15.4. The molecule has 3 spiro atoms. The van der Waals surface area contributed by atoms with Crippen molar-refractivity contribution in [1.29, 1.82) is 0 Å². The monoisotopic (exact) mass is 488 g/mol. The molecule has 2 bridgehead atoms. The van der Waals surface area contributed by atoms with Crippen LogP contribution in [0.5, 0.6) is 0 Å². The molecule has 0 radical (unpaired) electrons. The summed E-state index contributed by atoms with van der Waals surface area (Å²) in [6, 6.07) is 0. The Kier molecular flexibility index (Phi) is 4.32. The topological polar surface area (TPSA) is 79.2 Å². The van der Waals surface area contributed by atoms with Gasteiger partial charge in [0.1, 0.15) is 12.2 Å². The minimum absolute atomic E-state index is 0.0331. The first kappa shape index (κ1) is 23.9. The molecule has 5 saturated carbocycles. The van der Waals surface area contributed by atoms with E-state index in [1.54, 1.807) is 0 Å². The Morgan fingerprint density at radius 2 is 1.51 bits per heavy atom. The van der Waals surface area contributed by atoms with E-state index in [0.29, 0.717) is 23.2 Å². The van der Waals surface area contributed by atoms with Gasteiger partial charge in [-0.3, -0.25) is 0 Å². The maximum Gasteiger partial charge on any atom is 0.199 e. The van der Waals surface area contributed by atoms with Gasteiger partial charge in [-0.2, -0.15) is 0 Å². The van der Waals surface area contributed by atoms with Crippen LogP contribution in [0.4, 0.5) is 0 Å². The highest BCUT2D eigenvalue weighted by Gasteiger charge is 2.88. The normalized spacial score (nSPS) is 63.9. The van der Waals surface area contributed by atoms with Crippen molar-refractivity contribution in [3.63, 3.8) is 0 Å². The third kappa shape index (κ3) is 2.30. The minimum Gasteiger partial charge on any atom is -0.393 e. The Labute approximate surface area is 211 Å². The molecule has 5 heteroatoms. The molecule has 7 fully saturated rings. The van der Waals surface area contributed by atoms with Gasteiger partial charge in [0, 0.05) is 11.3 Å². The summed E-state index contributed by atoms with van der Waals surface area (Å²) in [5.41, 5.74) is -0.788. The third-order valence-corrected chi connectivity index (χ3v) is 14.2. The standard InChI is InChI=1S/C30H48O5/c1-16-14-17-22(25(4,5)33)35-30(34-17)21(16)26(6)12-13-29-15-28(29)11-10-20(31)24(2,3)18(28)8-9-19(29)27(26,7)23(30)32/h16-23,31-33H,8-15H2,1-7H3/t16-,17?,18?,19?,20+,21?,22+,23-,26-,27-,28-,29+,30?/m1/s1. The van der Waals surface area contributed by atoms with Crippen molar-refractivity contribution in [1.82, 2.24) is 0 Å². The number of ether oxygens (including phenoxy) is 2. The summed E-state index contributed by atoms with van der Waals surface area (Å²) in [4.78, 5) is 0. The fourth-order valence-electron chi connectivity index (χ4n) is 12.7. The Morgan fingerprint density at radius 3 is 2.20 bits per heavy atom. The molecule has 0 aromatic carbocycles. The fraction of sp³-hybridized carbons (Fsp3) is 1.00. The maximum absolute atomic E-state index is 12.5. The van der Waals surface area contributed by atoms with Crippen molar-refractivity contribution < 1.29 is 24.8 Å². The average molecular weight is 489 g/mol. The second-order valence-corrected chi connectivity index (χ2v) is 15.9. The maximum atomic E-state index is 12.5. The van der Waals surface area contributed by atoms with E-state index in [-0.39, 0.29) is 39.8 Å². The van der Waals surface area contributed by atoms with Gasteiger partial charge in [0.15, 0.2) is 5.79 Å². The van der Waals surface area contributed by atoms with Crippen molar-refractivity contribution in [2.45, 2.75) is 136 Å². The zero-order valence-corrected chi connectivity index (χ0v) is 22.9. The lowest BCUT2D eigenvalue weighted by atomic mass is 9.41. The molecule has 198 valence electrons. The lowest BCUT2D eigenvalue weighted by Crippen LogP contribution is -2.60. The van der Waals surface area contributed by atoms with Crippen LogP contribution in [0.2, 0.25) is 0 Å². The molecule has 5 nitrogen and oxygen atoms in total. The molecular weight excluding hydrogens is 440 g/mol. The van der Waals surface area contributed by atoms with Crippen molar-refractivity contribution >= 4 is 0 Å². The van der Waals surface area contributed by atoms with Gasteiger partial charge in [0.2, 0.25) is 0 Å². The van der Waals surface area contributed by atoms with Gasteiger partial charge < -0.3 is 24.8 Å². The second kappa shape index (κ2) is 6.33. The number of aliphatic hydroxyl groups excluding tert-OH is 2. The minimum atomic E-state index is -1.01. The number of hydrogen-bond donors (Lipinski definition) is 3. The van der Waals surface area contributed by atoms with Crippen LogP contribution in [0.15, 0.2) is 0 Å². The van der Waals surface area contributed by atoms with E-state index in [0.717, 1.165) is 38.5 Å². The summed E-state index contributed by atoms with van der Waals surface area (Å²) < 4.78 is 13.6. The van der Waals surface area contributed by atoms with Crippen molar-refractivity contribution in [2.75, 3.05) is 0 Å². The fourth-order valence-corrected chi connectivity index (χ4v) is 12.7. The molecule has 2 heterocycles. The molecule has 13 atom stereocenters. The van der Waals surface area contributed by atoms with Gasteiger partial charge in [0.25, 0.3) is 0 Å². The Bertz CT molecular complexity index is 957. The van der Waals surface area contributed by atoms with E-state index in [9.17, 15) is 15.3 Å². The largest absolute Gasteiger partial charge is 0.393 e. The molecule has 7 rings (SSSR count). The summed E-state index contributed by atoms with van der Waals surface area (Å²) in [5.74, 6) is 0.523. The molecule has 5 aliphatic carbocycles. The Hall–Kier alpha value is -0.200. The molecule has 0 aromatic rings. The van der Waals surface area contributed by atoms with Crippen LogP contribution >= 0.6 is 0 Å². The first-order chi connectivity index (χ1) is 16.1. The molecule has 2 aliphatic heterocycles.